The van der Waals surface area contributed by atoms with Crippen LogP contribution in [0.4, 0.5) is 4.79 Å². The lowest BCUT2D eigenvalue weighted by Crippen LogP contribution is -2.24. The highest BCUT2D eigenvalue weighted by molar-refractivity contribution is 5.83. The first-order chi connectivity index (χ1) is 9.16. The lowest BCUT2D eigenvalue weighted by molar-refractivity contribution is 0.249. The van der Waals surface area contributed by atoms with Gasteiger partial charge >= 0.3 is 6.03 Å². The number of nitrogens with two attached hydrogens (primary N) is 1. The Kier molecular flexibility index (Phi) is 3.78. The molecule has 0 bridgehead atoms. The van der Waals surface area contributed by atoms with Crippen LogP contribution < -0.4 is 11.2 Å². The summed E-state index contributed by atoms with van der Waals surface area (Å²) in [6.07, 6.45) is 1.49. The molecule has 2 rings (SSSR count). The molecule has 0 heterocycles. The Hall–Kier alpha value is -2.82. The van der Waals surface area contributed by atoms with Crippen molar-refractivity contribution in [1.29, 1.82) is 0 Å². The molecule has 2 amide bonds. The Bertz CT molecular complexity index is 606. The Morgan fingerprint density at radius 1 is 1.16 bits per heavy atom. The fourth-order valence-electron chi connectivity index (χ4n) is 1.64. The highest BCUT2D eigenvalue weighted by atomic mass is 16.3. The maximum atomic E-state index is 10.4. The number of hydrogen-bond donors (Lipinski definition) is 3. The summed E-state index contributed by atoms with van der Waals surface area (Å²) >= 11 is 0. The summed E-state index contributed by atoms with van der Waals surface area (Å²) < 4.78 is 0. The predicted molar refractivity (Wildman–Crippen MR) is 73.9 cm³/mol. The second-order valence-electron chi connectivity index (χ2n) is 3.87. The van der Waals surface area contributed by atoms with E-state index in [4.69, 9.17) is 5.73 Å². The number of benzene rings is 2. The fourth-order valence-corrected chi connectivity index (χ4v) is 1.64. The molecule has 0 saturated heterocycles. The third-order valence-electron chi connectivity index (χ3n) is 2.51. The molecule has 5 nitrogen and oxygen atoms in total. The van der Waals surface area contributed by atoms with Crippen LogP contribution in [0.5, 0.6) is 5.75 Å². The highest BCUT2D eigenvalue weighted by Crippen LogP contribution is 2.28. The lowest BCUT2D eigenvalue weighted by Gasteiger charge is -2.04. The van der Waals surface area contributed by atoms with Gasteiger partial charge in [-0.1, -0.05) is 42.5 Å². The van der Waals surface area contributed by atoms with Crippen molar-refractivity contribution in [2.75, 3.05) is 0 Å². The van der Waals surface area contributed by atoms with Crippen molar-refractivity contribution in [2.24, 2.45) is 10.8 Å². The van der Waals surface area contributed by atoms with E-state index in [2.05, 4.69) is 10.5 Å². The zero-order chi connectivity index (χ0) is 13.7. The van der Waals surface area contributed by atoms with Gasteiger partial charge in [0.15, 0.2) is 0 Å². The summed E-state index contributed by atoms with van der Waals surface area (Å²) in [6, 6.07) is 13.8. The maximum Gasteiger partial charge on any atom is 0.332 e. The molecule has 0 atom stereocenters. The van der Waals surface area contributed by atoms with Crippen molar-refractivity contribution in [1.82, 2.24) is 5.43 Å². The number of phenolic OH excluding ortho intramolecular Hbond substituents is 1. The standard InChI is InChI=1S/C14H13N3O2/c15-14(19)17-16-9-10-5-7-11(8-6-10)12-3-1-2-4-13(12)18/h1-9,18H,(H3,15,17,19). The van der Waals surface area contributed by atoms with Crippen molar-refractivity contribution in [3.8, 4) is 16.9 Å². The van der Waals surface area contributed by atoms with Crippen molar-refractivity contribution in [3.63, 3.8) is 0 Å². The molecule has 2 aromatic carbocycles. The highest BCUT2D eigenvalue weighted by Gasteiger charge is 2.02. The Morgan fingerprint density at radius 2 is 1.84 bits per heavy atom. The van der Waals surface area contributed by atoms with Gasteiger partial charge in [0.25, 0.3) is 0 Å². The van der Waals surface area contributed by atoms with Gasteiger partial charge in [0.05, 0.1) is 6.21 Å². The van der Waals surface area contributed by atoms with Gasteiger partial charge in [-0.2, -0.15) is 5.10 Å². The van der Waals surface area contributed by atoms with Gasteiger partial charge in [0.2, 0.25) is 0 Å². The van der Waals surface area contributed by atoms with Crippen LogP contribution in [0.3, 0.4) is 0 Å². The largest absolute Gasteiger partial charge is 0.507 e. The summed E-state index contributed by atoms with van der Waals surface area (Å²) in [5.41, 5.74) is 9.48. The zero-order valence-corrected chi connectivity index (χ0v) is 10.1. The first kappa shape index (κ1) is 12.6. The van der Waals surface area contributed by atoms with Crippen LogP contribution in [0, 0.1) is 0 Å². The smallest absolute Gasteiger partial charge is 0.332 e. The summed E-state index contributed by atoms with van der Waals surface area (Å²) in [4.78, 5) is 10.4. The number of nitrogens with zero attached hydrogens (tertiary/aromatic N) is 1. The fraction of sp³-hybridized carbons (Fsp3) is 0. The minimum atomic E-state index is -0.706. The average molecular weight is 255 g/mol. The molecule has 0 fully saturated rings. The van der Waals surface area contributed by atoms with Crippen LogP contribution >= 0.6 is 0 Å². The second-order valence-corrected chi connectivity index (χ2v) is 3.87. The normalized spacial score (nSPS) is 10.5. The molecule has 0 aliphatic heterocycles. The van der Waals surface area contributed by atoms with Crippen LogP contribution in [0.15, 0.2) is 53.6 Å². The quantitative estimate of drug-likeness (QED) is 0.579. The van der Waals surface area contributed by atoms with E-state index in [1.165, 1.54) is 6.21 Å². The van der Waals surface area contributed by atoms with E-state index in [9.17, 15) is 9.90 Å². The van der Waals surface area contributed by atoms with E-state index in [1.54, 1.807) is 12.1 Å². The van der Waals surface area contributed by atoms with E-state index in [0.717, 1.165) is 16.7 Å². The summed E-state index contributed by atoms with van der Waals surface area (Å²) in [5, 5.41) is 13.4. The van der Waals surface area contributed by atoms with Gasteiger partial charge in [-0.15, -0.1) is 0 Å². The number of phenols is 1. The SMILES string of the molecule is NC(=O)NN=Cc1ccc(-c2ccccc2O)cc1. The lowest BCUT2D eigenvalue weighted by atomic mass is 10.0. The molecular formula is C14H13N3O2. The molecule has 0 spiro atoms. The third kappa shape index (κ3) is 3.32. The summed E-state index contributed by atoms with van der Waals surface area (Å²) in [6.45, 7) is 0. The monoisotopic (exact) mass is 255 g/mol. The van der Waals surface area contributed by atoms with E-state index < -0.39 is 6.03 Å². The molecule has 4 N–H and O–H groups in total. The molecule has 19 heavy (non-hydrogen) atoms. The van der Waals surface area contributed by atoms with Gasteiger partial charge in [0.1, 0.15) is 5.75 Å². The number of amides is 2. The van der Waals surface area contributed by atoms with Crippen LogP contribution in [0.1, 0.15) is 5.56 Å². The van der Waals surface area contributed by atoms with E-state index in [1.807, 2.05) is 36.4 Å². The number of carbonyl (C=O) groups is 1. The van der Waals surface area contributed by atoms with Gasteiger partial charge in [-0.3, -0.25) is 0 Å². The van der Waals surface area contributed by atoms with Gasteiger partial charge < -0.3 is 10.8 Å². The van der Waals surface area contributed by atoms with Crippen molar-refractivity contribution < 1.29 is 9.90 Å². The number of primary amides is 1. The number of aromatic hydroxyl groups is 1. The van der Waals surface area contributed by atoms with E-state index in [0.29, 0.717) is 0 Å². The topological polar surface area (TPSA) is 87.7 Å². The van der Waals surface area contributed by atoms with Gasteiger partial charge in [0, 0.05) is 5.56 Å². The first-order valence-corrected chi connectivity index (χ1v) is 5.64. The molecule has 96 valence electrons. The van der Waals surface area contributed by atoms with Crippen molar-refractivity contribution >= 4 is 12.2 Å². The van der Waals surface area contributed by atoms with Crippen molar-refractivity contribution in [2.45, 2.75) is 0 Å². The van der Waals surface area contributed by atoms with Gasteiger partial charge in [-0.25, -0.2) is 10.2 Å². The number of para-hydroxylation sites is 1. The molecule has 0 radical (unpaired) electrons. The maximum absolute atomic E-state index is 10.4. The number of carbonyl (C=O) groups excluding carboxylic acids is 1. The number of hydrogen-bond acceptors (Lipinski definition) is 3. The van der Waals surface area contributed by atoms with Crippen LogP contribution in [-0.4, -0.2) is 17.4 Å². The number of urea groups is 1. The predicted octanol–water partition coefficient (Wildman–Crippen LogP) is 2.06. The Balaban J connectivity index is 2.17. The molecular weight excluding hydrogens is 242 g/mol. The minimum Gasteiger partial charge on any atom is -0.507 e. The first-order valence-electron chi connectivity index (χ1n) is 5.64. The molecule has 0 saturated carbocycles. The Morgan fingerprint density at radius 3 is 2.47 bits per heavy atom. The van der Waals surface area contributed by atoms with Crippen LogP contribution in [0.25, 0.3) is 11.1 Å². The van der Waals surface area contributed by atoms with Crippen LogP contribution in [-0.2, 0) is 0 Å². The van der Waals surface area contributed by atoms with E-state index >= 15 is 0 Å². The second kappa shape index (κ2) is 5.68. The van der Waals surface area contributed by atoms with Crippen LogP contribution in [0.2, 0.25) is 0 Å². The molecule has 0 aliphatic rings. The van der Waals surface area contributed by atoms with Gasteiger partial charge in [-0.05, 0) is 17.2 Å². The average Bonchev–Trinajstić information content (AvgIpc) is 2.40. The molecule has 0 unspecified atom stereocenters. The number of hydrazone groups is 1. The zero-order valence-electron chi connectivity index (χ0n) is 10.1. The molecule has 2 aromatic rings. The third-order valence-corrected chi connectivity index (χ3v) is 2.51. The summed E-state index contributed by atoms with van der Waals surface area (Å²) in [7, 11) is 0. The summed E-state index contributed by atoms with van der Waals surface area (Å²) in [5.74, 6) is 0.235. The number of rotatable bonds is 3. The van der Waals surface area contributed by atoms with Crippen molar-refractivity contribution in [3.05, 3.63) is 54.1 Å². The number of nitrogens with one attached hydrogen (secondary N) is 1. The molecule has 0 aliphatic carbocycles. The Labute approximate surface area is 110 Å². The van der Waals surface area contributed by atoms with E-state index in [-0.39, 0.29) is 5.75 Å². The molecule has 0 aromatic heterocycles. The molecule has 5 heteroatoms. The minimum absolute atomic E-state index is 0.235.